The van der Waals surface area contributed by atoms with E-state index in [1.54, 1.807) is 6.20 Å². The van der Waals surface area contributed by atoms with Crippen molar-refractivity contribution < 1.29 is 4.74 Å². The van der Waals surface area contributed by atoms with Crippen molar-refractivity contribution in [2.75, 3.05) is 6.61 Å². The average molecular weight is 395 g/mol. The lowest BCUT2D eigenvalue weighted by atomic mass is 9.70. The first-order chi connectivity index (χ1) is 8.88. The summed E-state index contributed by atoms with van der Waals surface area (Å²) in [6, 6.07) is 0. The van der Waals surface area contributed by atoms with Crippen molar-refractivity contribution in [3.8, 4) is 0 Å². The van der Waals surface area contributed by atoms with Gasteiger partial charge in [-0.1, -0.05) is 25.4 Å². The molecule has 0 amide bonds. The van der Waals surface area contributed by atoms with Crippen LogP contribution in [0.5, 0.6) is 0 Å². The minimum absolute atomic E-state index is 0.349. The molecule has 5 heteroatoms. The van der Waals surface area contributed by atoms with E-state index in [2.05, 4.69) is 46.4 Å². The summed E-state index contributed by atoms with van der Waals surface area (Å²) in [5.41, 5.74) is 0.0336. The number of aromatic nitrogens is 2. The monoisotopic (exact) mass is 394 g/mol. The number of rotatable bonds is 3. The zero-order chi connectivity index (χ0) is 14.1. The predicted octanol–water partition coefficient (Wildman–Crippen LogP) is 4.57. The van der Waals surface area contributed by atoms with Crippen LogP contribution in [-0.4, -0.2) is 16.6 Å². The first-order valence-electron chi connectivity index (χ1n) is 6.71. The molecule has 1 fully saturated rings. The van der Waals surface area contributed by atoms with Crippen LogP contribution in [0.25, 0.3) is 0 Å². The molecule has 1 aliphatic rings. The van der Waals surface area contributed by atoms with Gasteiger partial charge in [0.05, 0.1) is 3.57 Å². The number of hydrogen-bond acceptors (Lipinski definition) is 3. The van der Waals surface area contributed by atoms with Gasteiger partial charge in [0.2, 0.25) is 0 Å². The molecule has 1 saturated carbocycles. The lowest BCUT2D eigenvalue weighted by molar-refractivity contribution is -0.0948. The third kappa shape index (κ3) is 3.39. The molecule has 0 radical (unpaired) electrons. The first kappa shape index (κ1) is 15.4. The Labute approximate surface area is 133 Å². The Morgan fingerprint density at radius 1 is 1.32 bits per heavy atom. The van der Waals surface area contributed by atoms with Crippen molar-refractivity contribution >= 4 is 34.2 Å². The van der Waals surface area contributed by atoms with Crippen molar-refractivity contribution in [3.05, 3.63) is 20.7 Å². The maximum absolute atomic E-state index is 6.14. The van der Waals surface area contributed by atoms with Crippen molar-refractivity contribution in [2.24, 2.45) is 5.41 Å². The summed E-state index contributed by atoms with van der Waals surface area (Å²) in [7, 11) is 0. The molecule has 0 aliphatic heterocycles. The maximum atomic E-state index is 6.14. The minimum Gasteiger partial charge on any atom is -0.367 e. The highest BCUT2D eigenvalue weighted by Crippen LogP contribution is 2.46. The summed E-state index contributed by atoms with van der Waals surface area (Å²) in [5, 5.41) is 0.523. The zero-order valence-electron chi connectivity index (χ0n) is 11.7. The molecule has 1 aliphatic carbocycles. The van der Waals surface area contributed by atoms with Crippen LogP contribution in [-0.2, 0) is 10.3 Å². The van der Waals surface area contributed by atoms with Crippen molar-refractivity contribution in [1.29, 1.82) is 0 Å². The second-order valence-corrected chi connectivity index (χ2v) is 7.44. The molecule has 0 spiro atoms. The topological polar surface area (TPSA) is 35.0 Å². The van der Waals surface area contributed by atoms with Gasteiger partial charge in [0, 0.05) is 12.8 Å². The highest BCUT2D eigenvalue weighted by molar-refractivity contribution is 14.1. The molecule has 19 heavy (non-hydrogen) atoms. The largest absolute Gasteiger partial charge is 0.367 e. The van der Waals surface area contributed by atoms with E-state index in [4.69, 9.17) is 16.3 Å². The van der Waals surface area contributed by atoms with Crippen LogP contribution in [0.1, 0.15) is 52.3 Å². The highest BCUT2D eigenvalue weighted by Gasteiger charge is 2.42. The zero-order valence-corrected chi connectivity index (χ0v) is 14.6. The Morgan fingerprint density at radius 3 is 2.47 bits per heavy atom. The SMILES string of the molecule is CCOC1(c2ncc(I)c(Cl)n2)CCC(C)(C)CC1. The summed E-state index contributed by atoms with van der Waals surface area (Å²) in [6.07, 6.45) is 5.96. The molecule has 1 heterocycles. The maximum Gasteiger partial charge on any atom is 0.162 e. The van der Waals surface area contributed by atoms with Crippen LogP contribution < -0.4 is 0 Å². The molecule has 0 atom stereocenters. The van der Waals surface area contributed by atoms with Crippen LogP contribution in [0.4, 0.5) is 0 Å². The Hall–Kier alpha value is 0.0600. The van der Waals surface area contributed by atoms with Gasteiger partial charge in [0.15, 0.2) is 5.82 Å². The lowest BCUT2D eigenvalue weighted by Crippen LogP contribution is -2.39. The Morgan fingerprint density at radius 2 is 1.95 bits per heavy atom. The van der Waals surface area contributed by atoms with E-state index in [1.807, 2.05) is 6.92 Å². The van der Waals surface area contributed by atoms with Crippen LogP contribution in [0, 0.1) is 8.99 Å². The van der Waals surface area contributed by atoms with E-state index in [9.17, 15) is 0 Å². The van der Waals surface area contributed by atoms with Crippen molar-refractivity contribution in [3.63, 3.8) is 0 Å². The van der Waals surface area contributed by atoms with Gasteiger partial charge in [-0.15, -0.1) is 0 Å². The first-order valence-corrected chi connectivity index (χ1v) is 8.17. The standard InChI is InChI=1S/C14H20ClIN2O/c1-4-19-14(7-5-13(2,3)6-8-14)12-17-9-10(16)11(15)18-12/h9H,4-8H2,1-3H3. The fourth-order valence-electron chi connectivity index (χ4n) is 2.61. The van der Waals surface area contributed by atoms with Gasteiger partial charge in [-0.3, -0.25) is 0 Å². The predicted molar refractivity (Wildman–Crippen MR) is 85.3 cm³/mol. The van der Waals surface area contributed by atoms with Crippen LogP contribution in [0.3, 0.4) is 0 Å². The summed E-state index contributed by atoms with van der Waals surface area (Å²) < 4.78 is 6.94. The highest BCUT2D eigenvalue weighted by atomic mass is 127. The summed E-state index contributed by atoms with van der Waals surface area (Å²) >= 11 is 8.28. The Bertz CT molecular complexity index is 455. The van der Waals surface area contributed by atoms with Crippen LogP contribution in [0.15, 0.2) is 6.20 Å². The third-order valence-electron chi connectivity index (χ3n) is 3.94. The van der Waals surface area contributed by atoms with Gasteiger partial charge < -0.3 is 4.74 Å². The van der Waals surface area contributed by atoms with E-state index >= 15 is 0 Å². The minimum atomic E-state index is -0.349. The average Bonchev–Trinajstić information content (AvgIpc) is 2.36. The van der Waals surface area contributed by atoms with Gasteiger partial charge >= 0.3 is 0 Å². The van der Waals surface area contributed by atoms with Crippen LogP contribution >= 0.6 is 34.2 Å². The second-order valence-electron chi connectivity index (χ2n) is 5.92. The van der Waals surface area contributed by atoms with Gasteiger partial charge in [-0.25, -0.2) is 9.97 Å². The second kappa shape index (κ2) is 5.82. The molecule has 0 unspecified atom stereocenters. The molecule has 3 nitrogen and oxygen atoms in total. The Kier molecular flexibility index (Phi) is 4.73. The number of nitrogens with zero attached hydrogens (tertiary/aromatic N) is 2. The van der Waals surface area contributed by atoms with Crippen molar-refractivity contribution in [2.45, 2.75) is 52.1 Å². The third-order valence-corrected chi connectivity index (χ3v) is 5.34. The fourth-order valence-corrected chi connectivity index (χ4v) is 2.99. The quantitative estimate of drug-likeness (QED) is 0.556. The van der Waals surface area contributed by atoms with E-state index in [0.717, 1.165) is 35.1 Å². The summed E-state index contributed by atoms with van der Waals surface area (Å²) in [4.78, 5) is 8.93. The normalized spacial score (nSPS) is 21.3. The number of ether oxygens (including phenoxy) is 1. The molecule has 0 N–H and O–H groups in total. The van der Waals surface area contributed by atoms with Crippen molar-refractivity contribution in [1.82, 2.24) is 9.97 Å². The summed E-state index contributed by atoms with van der Waals surface area (Å²) in [5.74, 6) is 0.746. The van der Waals surface area contributed by atoms with E-state index in [-0.39, 0.29) is 5.60 Å². The number of halogens is 2. The molecule has 106 valence electrons. The molecular weight excluding hydrogens is 375 g/mol. The van der Waals surface area contributed by atoms with Gasteiger partial charge in [-0.05, 0) is 60.6 Å². The molecule has 0 saturated heterocycles. The molecule has 0 aromatic carbocycles. The molecule has 1 aromatic rings. The fraction of sp³-hybridized carbons (Fsp3) is 0.714. The smallest absolute Gasteiger partial charge is 0.162 e. The van der Waals surface area contributed by atoms with Gasteiger partial charge in [0.25, 0.3) is 0 Å². The Balaban J connectivity index is 2.31. The molecular formula is C14H20ClIN2O. The van der Waals surface area contributed by atoms with E-state index < -0.39 is 0 Å². The lowest BCUT2D eigenvalue weighted by Gasteiger charge is -2.42. The molecule has 0 bridgehead atoms. The molecule has 1 aromatic heterocycles. The summed E-state index contributed by atoms with van der Waals surface area (Å²) in [6.45, 7) is 7.32. The van der Waals surface area contributed by atoms with Gasteiger partial charge in [-0.2, -0.15) is 0 Å². The van der Waals surface area contributed by atoms with E-state index in [0.29, 0.717) is 17.2 Å². The number of hydrogen-bond donors (Lipinski definition) is 0. The molecule has 2 rings (SSSR count). The van der Waals surface area contributed by atoms with E-state index in [1.165, 1.54) is 0 Å². The van der Waals surface area contributed by atoms with Crippen LogP contribution in [0.2, 0.25) is 5.15 Å². The van der Waals surface area contributed by atoms with Gasteiger partial charge in [0.1, 0.15) is 10.8 Å².